The van der Waals surface area contributed by atoms with Crippen LogP contribution in [0.2, 0.25) is 0 Å². The average Bonchev–Trinajstić information content (AvgIpc) is 2.82. The number of aromatic nitrogens is 4. The maximum atomic E-state index is 4.26. The lowest BCUT2D eigenvalue weighted by Crippen LogP contribution is -2.07. The van der Waals surface area contributed by atoms with E-state index in [1.54, 1.807) is 12.4 Å². The van der Waals surface area contributed by atoms with Crippen molar-refractivity contribution in [1.29, 1.82) is 0 Å². The van der Waals surface area contributed by atoms with Crippen LogP contribution in [0.5, 0.6) is 0 Å². The standard InChI is InChI=1S/C13H13N5/c1-18-7-6-14-12(18)9-15-13-11-5-3-2-4-10(11)8-16-17-13/h2-8H,9H2,1H3,(H,15,17). The number of anilines is 1. The van der Waals surface area contributed by atoms with Gasteiger partial charge in [0.05, 0.1) is 12.7 Å². The topological polar surface area (TPSA) is 55.6 Å². The molecule has 0 aliphatic carbocycles. The zero-order chi connectivity index (χ0) is 12.4. The van der Waals surface area contributed by atoms with Crippen LogP contribution in [0.25, 0.3) is 10.8 Å². The normalized spacial score (nSPS) is 10.7. The Morgan fingerprint density at radius 1 is 1.28 bits per heavy atom. The lowest BCUT2D eigenvalue weighted by molar-refractivity contribution is 0.809. The Kier molecular flexibility index (Phi) is 2.64. The van der Waals surface area contributed by atoms with Gasteiger partial charge in [-0.2, -0.15) is 5.10 Å². The van der Waals surface area contributed by atoms with Crippen molar-refractivity contribution in [2.24, 2.45) is 7.05 Å². The monoisotopic (exact) mass is 239 g/mol. The quantitative estimate of drug-likeness (QED) is 0.759. The number of hydrogen-bond donors (Lipinski definition) is 1. The summed E-state index contributed by atoms with van der Waals surface area (Å²) in [6.07, 6.45) is 5.47. The first kappa shape index (κ1) is 10.7. The molecule has 0 unspecified atom stereocenters. The zero-order valence-corrected chi connectivity index (χ0v) is 10.0. The molecule has 18 heavy (non-hydrogen) atoms. The van der Waals surface area contributed by atoms with E-state index in [9.17, 15) is 0 Å². The Hall–Kier alpha value is -2.43. The second kappa shape index (κ2) is 4.44. The van der Waals surface area contributed by atoms with Gasteiger partial charge in [0.15, 0.2) is 5.82 Å². The molecule has 0 fully saturated rings. The predicted molar refractivity (Wildman–Crippen MR) is 70.1 cm³/mol. The third-order valence-electron chi connectivity index (χ3n) is 2.91. The molecule has 0 amide bonds. The molecule has 3 aromatic rings. The summed E-state index contributed by atoms with van der Waals surface area (Å²) in [6, 6.07) is 8.04. The van der Waals surface area contributed by atoms with Gasteiger partial charge in [0.25, 0.3) is 0 Å². The van der Waals surface area contributed by atoms with Gasteiger partial charge < -0.3 is 9.88 Å². The molecule has 0 atom stereocenters. The Morgan fingerprint density at radius 3 is 3.00 bits per heavy atom. The van der Waals surface area contributed by atoms with Crippen molar-refractivity contribution in [2.75, 3.05) is 5.32 Å². The van der Waals surface area contributed by atoms with Gasteiger partial charge in [-0.3, -0.25) is 0 Å². The molecule has 5 heteroatoms. The molecule has 0 aliphatic heterocycles. The van der Waals surface area contributed by atoms with Gasteiger partial charge in [0, 0.05) is 30.2 Å². The fourth-order valence-electron chi connectivity index (χ4n) is 1.89. The highest BCUT2D eigenvalue weighted by Gasteiger charge is 2.04. The number of hydrogen-bond acceptors (Lipinski definition) is 4. The molecule has 1 aromatic carbocycles. The molecule has 0 bridgehead atoms. The number of benzene rings is 1. The predicted octanol–water partition coefficient (Wildman–Crippen LogP) is 1.98. The lowest BCUT2D eigenvalue weighted by Gasteiger charge is -2.07. The van der Waals surface area contributed by atoms with Crippen LogP contribution in [-0.4, -0.2) is 19.7 Å². The number of nitrogens with one attached hydrogen (secondary N) is 1. The van der Waals surface area contributed by atoms with Crippen molar-refractivity contribution in [3.8, 4) is 0 Å². The van der Waals surface area contributed by atoms with Gasteiger partial charge >= 0.3 is 0 Å². The Balaban J connectivity index is 1.89. The zero-order valence-electron chi connectivity index (χ0n) is 10.0. The van der Waals surface area contributed by atoms with Crippen LogP contribution in [0, 0.1) is 0 Å². The summed E-state index contributed by atoms with van der Waals surface area (Å²) in [5.41, 5.74) is 0. The number of aryl methyl sites for hydroxylation is 1. The number of rotatable bonds is 3. The van der Waals surface area contributed by atoms with Crippen LogP contribution in [0.1, 0.15) is 5.82 Å². The molecule has 0 saturated heterocycles. The third-order valence-corrected chi connectivity index (χ3v) is 2.91. The van der Waals surface area contributed by atoms with E-state index in [-0.39, 0.29) is 0 Å². The van der Waals surface area contributed by atoms with Crippen LogP contribution in [-0.2, 0) is 13.6 Å². The van der Waals surface area contributed by atoms with Crippen molar-refractivity contribution in [1.82, 2.24) is 19.7 Å². The molecule has 0 saturated carbocycles. The van der Waals surface area contributed by atoms with Gasteiger partial charge in [-0.05, 0) is 0 Å². The van der Waals surface area contributed by atoms with Gasteiger partial charge in [0.1, 0.15) is 5.82 Å². The van der Waals surface area contributed by atoms with Crippen LogP contribution in [0.15, 0.2) is 42.9 Å². The van der Waals surface area contributed by atoms with E-state index in [4.69, 9.17) is 0 Å². The van der Waals surface area contributed by atoms with Crippen molar-refractivity contribution < 1.29 is 0 Å². The fraction of sp³-hybridized carbons (Fsp3) is 0.154. The molecule has 0 aliphatic rings. The third kappa shape index (κ3) is 1.90. The van der Waals surface area contributed by atoms with Gasteiger partial charge in [-0.15, -0.1) is 5.10 Å². The lowest BCUT2D eigenvalue weighted by atomic mass is 10.2. The minimum absolute atomic E-state index is 0.631. The molecule has 3 rings (SSSR count). The SMILES string of the molecule is Cn1ccnc1CNc1nncc2ccccc12. The average molecular weight is 239 g/mol. The van der Waals surface area contributed by atoms with E-state index in [0.29, 0.717) is 6.54 Å². The Labute approximate surface area is 104 Å². The van der Waals surface area contributed by atoms with E-state index < -0.39 is 0 Å². The molecular formula is C13H13N5. The minimum Gasteiger partial charge on any atom is -0.361 e. The molecule has 1 N–H and O–H groups in total. The maximum Gasteiger partial charge on any atom is 0.156 e. The summed E-state index contributed by atoms with van der Waals surface area (Å²) in [5, 5.41) is 13.6. The second-order valence-corrected chi connectivity index (χ2v) is 4.09. The molecule has 0 spiro atoms. The van der Waals surface area contributed by atoms with Gasteiger partial charge in [0.2, 0.25) is 0 Å². The Bertz CT molecular complexity index is 668. The van der Waals surface area contributed by atoms with Gasteiger partial charge in [-0.1, -0.05) is 24.3 Å². The number of imidazole rings is 1. The molecule has 0 radical (unpaired) electrons. The summed E-state index contributed by atoms with van der Waals surface area (Å²) >= 11 is 0. The summed E-state index contributed by atoms with van der Waals surface area (Å²) < 4.78 is 1.98. The first-order chi connectivity index (χ1) is 8.84. The van der Waals surface area contributed by atoms with Crippen molar-refractivity contribution >= 4 is 16.6 Å². The van der Waals surface area contributed by atoms with Crippen molar-refractivity contribution in [2.45, 2.75) is 6.54 Å². The first-order valence-electron chi connectivity index (χ1n) is 5.75. The highest BCUT2D eigenvalue weighted by molar-refractivity contribution is 5.90. The minimum atomic E-state index is 0.631. The van der Waals surface area contributed by atoms with Crippen LogP contribution < -0.4 is 5.32 Å². The number of nitrogens with zero attached hydrogens (tertiary/aromatic N) is 4. The van der Waals surface area contributed by atoms with Crippen LogP contribution in [0.3, 0.4) is 0 Å². The summed E-state index contributed by atoms with van der Waals surface area (Å²) in [5.74, 6) is 1.75. The highest BCUT2D eigenvalue weighted by Crippen LogP contribution is 2.19. The van der Waals surface area contributed by atoms with Crippen molar-refractivity contribution in [3.05, 3.63) is 48.7 Å². The summed E-state index contributed by atoms with van der Waals surface area (Å²) in [6.45, 7) is 0.631. The Morgan fingerprint density at radius 2 is 2.17 bits per heavy atom. The van der Waals surface area contributed by atoms with Crippen LogP contribution in [0.4, 0.5) is 5.82 Å². The van der Waals surface area contributed by atoms with Gasteiger partial charge in [-0.25, -0.2) is 4.98 Å². The first-order valence-corrected chi connectivity index (χ1v) is 5.75. The smallest absolute Gasteiger partial charge is 0.156 e. The van der Waals surface area contributed by atoms with Crippen LogP contribution >= 0.6 is 0 Å². The summed E-state index contributed by atoms with van der Waals surface area (Å²) in [7, 11) is 1.97. The molecule has 2 heterocycles. The highest BCUT2D eigenvalue weighted by atomic mass is 15.2. The number of fused-ring (bicyclic) bond motifs is 1. The van der Waals surface area contributed by atoms with E-state index in [1.807, 2.05) is 42.1 Å². The van der Waals surface area contributed by atoms with E-state index >= 15 is 0 Å². The summed E-state index contributed by atoms with van der Waals surface area (Å²) in [4.78, 5) is 4.26. The molecule has 90 valence electrons. The van der Waals surface area contributed by atoms with Crippen molar-refractivity contribution in [3.63, 3.8) is 0 Å². The molecule has 2 aromatic heterocycles. The second-order valence-electron chi connectivity index (χ2n) is 4.09. The largest absolute Gasteiger partial charge is 0.361 e. The van der Waals surface area contributed by atoms with E-state index in [1.165, 1.54) is 0 Å². The van der Waals surface area contributed by atoms with E-state index in [2.05, 4.69) is 20.5 Å². The fourth-order valence-corrected chi connectivity index (χ4v) is 1.89. The van der Waals surface area contributed by atoms with E-state index in [0.717, 1.165) is 22.4 Å². The molecule has 5 nitrogen and oxygen atoms in total. The molecular weight excluding hydrogens is 226 g/mol. The maximum absolute atomic E-state index is 4.26.